The van der Waals surface area contributed by atoms with Crippen LogP contribution in [0, 0.1) is 13.5 Å². The maximum absolute atomic E-state index is 13.0. The molecule has 2 aromatic rings. The van der Waals surface area contributed by atoms with Crippen LogP contribution in [-0.2, 0) is 10.3 Å². The summed E-state index contributed by atoms with van der Waals surface area (Å²) in [6.45, 7) is 8.28. The monoisotopic (exact) mass is 321 g/mol. The van der Waals surface area contributed by atoms with Crippen molar-refractivity contribution < 1.29 is 14.7 Å². The minimum atomic E-state index is -1.50. The Kier molecular flexibility index (Phi) is 3.80. The number of amides is 3. The number of carbonyl (C=O) groups excluding carboxylic acids is 2. The van der Waals surface area contributed by atoms with Crippen LogP contribution in [0.5, 0.6) is 0 Å². The summed E-state index contributed by atoms with van der Waals surface area (Å²) in [5.41, 5.74) is 0.521. The van der Waals surface area contributed by atoms with Gasteiger partial charge < -0.3 is 10.4 Å². The smallest absolute Gasteiger partial charge is 0.330 e. The topological polar surface area (TPSA) is 74.0 Å². The van der Waals surface area contributed by atoms with Gasteiger partial charge in [0.15, 0.2) is 11.2 Å². The fourth-order valence-corrected chi connectivity index (χ4v) is 2.83. The molecule has 0 saturated carbocycles. The van der Waals surface area contributed by atoms with Gasteiger partial charge in [-0.3, -0.25) is 4.79 Å². The summed E-state index contributed by atoms with van der Waals surface area (Å²) in [6.07, 6.45) is 0. The second-order valence-electron chi connectivity index (χ2n) is 5.58. The van der Waals surface area contributed by atoms with Crippen molar-refractivity contribution in [3.05, 3.63) is 71.1 Å². The van der Waals surface area contributed by atoms with Gasteiger partial charge in [0, 0.05) is 0 Å². The lowest BCUT2D eigenvalue weighted by Gasteiger charge is -2.24. The summed E-state index contributed by atoms with van der Waals surface area (Å²) in [4.78, 5) is 29.8. The number of aliphatic hydroxyl groups excluding tert-OH is 1. The number of aryl methyl sites for hydroxylation is 1. The minimum Gasteiger partial charge on any atom is -0.393 e. The molecule has 1 saturated heterocycles. The van der Waals surface area contributed by atoms with Crippen molar-refractivity contribution >= 4 is 23.3 Å². The van der Waals surface area contributed by atoms with Crippen LogP contribution in [0.2, 0.25) is 0 Å². The van der Waals surface area contributed by atoms with Gasteiger partial charge in [-0.1, -0.05) is 36.4 Å². The molecule has 6 heteroatoms. The summed E-state index contributed by atoms with van der Waals surface area (Å²) >= 11 is 0. The fourth-order valence-electron chi connectivity index (χ4n) is 2.83. The average Bonchev–Trinajstić information content (AvgIpc) is 2.86. The average molecular weight is 321 g/mol. The van der Waals surface area contributed by atoms with Crippen molar-refractivity contribution in [2.75, 3.05) is 11.5 Å². The SMILES string of the molecule is [C-]#[N+]c1ccc(N2C(=O)N[C@](CO)(c3ccccc3)C2=O)cc1C. The second-order valence-corrected chi connectivity index (χ2v) is 5.58. The third-order valence-corrected chi connectivity index (χ3v) is 4.15. The summed E-state index contributed by atoms with van der Waals surface area (Å²) < 4.78 is 0. The summed E-state index contributed by atoms with van der Waals surface area (Å²) in [5.74, 6) is -0.545. The first-order valence-electron chi connectivity index (χ1n) is 7.34. The van der Waals surface area contributed by atoms with E-state index in [4.69, 9.17) is 6.57 Å². The molecule has 0 unspecified atom stereocenters. The predicted octanol–water partition coefficient (Wildman–Crippen LogP) is 2.49. The molecule has 3 amide bonds. The van der Waals surface area contributed by atoms with Crippen LogP contribution in [0.25, 0.3) is 4.85 Å². The van der Waals surface area contributed by atoms with Crippen LogP contribution < -0.4 is 10.2 Å². The van der Waals surface area contributed by atoms with Gasteiger partial charge in [0.2, 0.25) is 0 Å². The molecule has 1 atom stereocenters. The molecule has 0 spiro atoms. The lowest BCUT2D eigenvalue weighted by Crippen LogP contribution is -2.47. The molecule has 1 aliphatic rings. The van der Waals surface area contributed by atoms with E-state index < -0.39 is 24.1 Å². The highest BCUT2D eigenvalue weighted by molar-refractivity contribution is 6.23. The molecule has 1 heterocycles. The largest absolute Gasteiger partial charge is 0.393 e. The number of carbonyl (C=O) groups is 2. The lowest BCUT2D eigenvalue weighted by atomic mass is 9.90. The number of benzene rings is 2. The van der Waals surface area contributed by atoms with Crippen LogP contribution in [-0.4, -0.2) is 23.7 Å². The number of imide groups is 1. The van der Waals surface area contributed by atoms with Crippen LogP contribution in [0.1, 0.15) is 11.1 Å². The molecule has 0 radical (unpaired) electrons. The molecule has 3 rings (SSSR count). The summed E-state index contributed by atoms with van der Waals surface area (Å²) in [5, 5.41) is 12.5. The molecule has 24 heavy (non-hydrogen) atoms. The van der Waals surface area contributed by atoms with Crippen molar-refractivity contribution in [3.63, 3.8) is 0 Å². The highest BCUT2D eigenvalue weighted by Crippen LogP contribution is 2.33. The molecule has 6 nitrogen and oxygen atoms in total. The highest BCUT2D eigenvalue weighted by atomic mass is 16.3. The Bertz CT molecular complexity index is 858. The third kappa shape index (κ3) is 2.23. The Morgan fingerprint density at radius 1 is 1.21 bits per heavy atom. The van der Waals surface area contributed by atoms with Crippen molar-refractivity contribution in [3.8, 4) is 0 Å². The molecular weight excluding hydrogens is 306 g/mol. The van der Waals surface area contributed by atoms with Gasteiger partial charge in [-0.15, -0.1) is 0 Å². The van der Waals surface area contributed by atoms with Crippen molar-refractivity contribution in [1.82, 2.24) is 5.32 Å². The molecule has 0 aliphatic carbocycles. The zero-order valence-corrected chi connectivity index (χ0v) is 13.0. The Labute approximate surface area is 139 Å². The van der Waals surface area contributed by atoms with Crippen LogP contribution in [0.4, 0.5) is 16.2 Å². The van der Waals surface area contributed by atoms with E-state index in [-0.39, 0.29) is 0 Å². The van der Waals surface area contributed by atoms with Crippen molar-refractivity contribution in [1.29, 1.82) is 0 Å². The maximum atomic E-state index is 13.0. The van der Waals surface area contributed by atoms with Gasteiger partial charge >= 0.3 is 6.03 Å². The van der Waals surface area contributed by atoms with Gasteiger partial charge in [0.05, 0.1) is 18.9 Å². The minimum absolute atomic E-state index is 0.369. The van der Waals surface area contributed by atoms with Gasteiger partial charge in [0.25, 0.3) is 5.91 Å². The Hall–Kier alpha value is -3.17. The van der Waals surface area contributed by atoms with Crippen LogP contribution in [0.15, 0.2) is 48.5 Å². The number of nitrogens with one attached hydrogen (secondary N) is 1. The summed E-state index contributed by atoms with van der Waals surface area (Å²) in [6, 6.07) is 12.8. The van der Waals surface area contributed by atoms with E-state index in [1.54, 1.807) is 55.5 Å². The van der Waals surface area contributed by atoms with E-state index >= 15 is 0 Å². The number of aliphatic hydroxyl groups is 1. The Balaban J connectivity index is 2.06. The van der Waals surface area contributed by atoms with Crippen LogP contribution in [0.3, 0.4) is 0 Å². The molecule has 0 aromatic heterocycles. The zero-order valence-electron chi connectivity index (χ0n) is 13.0. The number of rotatable bonds is 3. The molecular formula is C18H15N3O3. The first-order valence-corrected chi connectivity index (χ1v) is 7.34. The highest BCUT2D eigenvalue weighted by Gasteiger charge is 2.52. The Morgan fingerprint density at radius 3 is 2.50 bits per heavy atom. The Morgan fingerprint density at radius 2 is 1.92 bits per heavy atom. The van der Waals surface area contributed by atoms with Crippen molar-refractivity contribution in [2.45, 2.75) is 12.5 Å². The third-order valence-electron chi connectivity index (χ3n) is 4.15. The van der Waals surface area contributed by atoms with Gasteiger partial charge in [-0.25, -0.2) is 14.5 Å². The van der Waals surface area contributed by atoms with E-state index in [0.29, 0.717) is 22.5 Å². The first-order chi connectivity index (χ1) is 11.5. The zero-order chi connectivity index (χ0) is 17.3. The molecule has 1 aliphatic heterocycles. The fraction of sp³-hybridized carbons (Fsp3) is 0.167. The number of urea groups is 1. The maximum Gasteiger partial charge on any atom is 0.330 e. The van der Waals surface area contributed by atoms with Crippen LogP contribution >= 0.6 is 0 Å². The van der Waals surface area contributed by atoms with E-state index in [2.05, 4.69) is 10.2 Å². The summed E-state index contributed by atoms with van der Waals surface area (Å²) in [7, 11) is 0. The first kappa shape index (κ1) is 15.7. The number of anilines is 1. The number of hydrogen-bond acceptors (Lipinski definition) is 3. The van der Waals surface area contributed by atoms with Gasteiger partial charge in [-0.05, 0) is 30.2 Å². The van der Waals surface area contributed by atoms with Gasteiger partial charge in [0.1, 0.15) is 0 Å². The quantitative estimate of drug-likeness (QED) is 0.674. The second kappa shape index (κ2) is 5.80. The number of hydrogen-bond donors (Lipinski definition) is 2. The van der Waals surface area contributed by atoms with Crippen molar-refractivity contribution in [2.24, 2.45) is 0 Å². The van der Waals surface area contributed by atoms with E-state index in [9.17, 15) is 14.7 Å². The van der Waals surface area contributed by atoms with E-state index in [1.807, 2.05) is 0 Å². The van der Waals surface area contributed by atoms with Gasteiger partial charge in [-0.2, -0.15) is 0 Å². The molecule has 120 valence electrons. The lowest BCUT2D eigenvalue weighted by molar-refractivity contribution is -0.123. The molecule has 0 bridgehead atoms. The molecule has 2 N–H and O–H groups in total. The van der Waals surface area contributed by atoms with E-state index in [0.717, 1.165) is 4.90 Å². The molecule has 2 aromatic carbocycles. The predicted molar refractivity (Wildman–Crippen MR) is 88.7 cm³/mol. The number of nitrogens with zero attached hydrogens (tertiary/aromatic N) is 2. The molecule has 1 fully saturated rings. The standard InChI is InChI=1S/C18H15N3O3/c1-12-10-14(8-9-15(12)19-2)21-16(23)18(11-22,20-17(21)24)13-6-4-3-5-7-13/h3-10,22H,11H2,1H3,(H,20,24)/t18-/m1/s1. The normalized spacial score (nSPS) is 20.0. The van der Waals surface area contributed by atoms with E-state index in [1.165, 1.54) is 0 Å².